The van der Waals surface area contributed by atoms with Crippen LogP contribution in [0.15, 0.2) is 35.1 Å². The predicted octanol–water partition coefficient (Wildman–Crippen LogP) is 1.62. The maximum absolute atomic E-state index is 12.6. The van der Waals surface area contributed by atoms with Crippen molar-refractivity contribution < 1.29 is 14.3 Å². The third kappa shape index (κ3) is 3.56. The molecule has 1 aromatic heterocycles. The largest absolute Gasteiger partial charge is 0.458 e. The molecular formula is C17H21N3O4. The van der Waals surface area contributed by atoms with Crippen molar-refractivity contribution >= 4 is 17.6 Å². The zero-order chi connectivity index (χ0) is 17.9. The highest BCUT2D eigenvalue weighted by molar-refractivity contribution is 6.37. The summed E-state index contributed by atoms with van der Waals surface area (Å²) >= 11 is 0. The minimum Gasteiger partial charge on any atom is -0.458 e. The van der Waals surface area contributed by atoms with Gasteiger partial charge in [0.2, 0.25) is 0 Å². The van der Waals surface area contributed by atoms with Gasteiger partial charge in [0.05, 0.1) is 18.0 Å². The Balaban J connectivity index is 2.28. The molecule has 1 amide bonds. The highest BCUT2D eigenvalue weighted by Crippen LogP contribution is 2.13. The van der Waals surface area contributed by atoms with E-state index in [-0.39, 0.29) is 18.2 Å². The number of hydrogen-bond acceptors (Lipinski definition) is 4. The summed E-state index contributed by atoms with van der Waals surface area (Å²) < 4.78 is 7.91. The maximum atomic E-state index is 12.6. The number of carbonyl (C=O) groups is 2. The summed E-state index contributed by atoms with van der Waals surface area (Å²) in [5, 5.41) is 2.37. The van der Waals surface area contributed by atoms with Gasteiger partial charge in [-0.2, -0.15) is 0 Å². The number of amides is 1. The van der Waals surface area contributed by atoms with E-state index in [2.05, 4.69) is 5.32 Å². The quantitative estimate of drug-likeness (QED) is 0.682. The van der Waals surface area contributed by atoms with Gasteiger partial charge in [0, 0.05) is 7.05 Å². The number of benzene rings is 1. The Morgan fingerprint density at radius 1 is 1.21 bits per heavy atom. The van der Waals surface area contributed by atoms with Crippen LogP contribution in [0.2, 0.25) is 0 Å². The number of rotatable bonds is 4. The van der Waals surface area contributed by atoms with Gasteiger partial charge in [-0.15, -0.1) is 0 Å². The van der Waals surface area contributed by atoms with Crippen LogP contribution in [0.1, 0.15) is 19.5 Å². The molecule has 0 saturated heterocycles. The molecule has 1 aromatic carbocycles. The Morgan fingerprint density at radius 3 is 2.42 bits per heavy atom. The summed E-state index contributed by atoms with van der Waals surface area (Å²) in [6, 6.07) is 9.03. The third-order valence-electron chi connectivity index (χ3n) is 3.53. The molecule has 0 unspecified atom stereocenters. The lowest BCUT2D eigenvalue weighted by atomic mass is 10.2. The monoisotopic (exact) mass is 331 g/mol. The van der Waals surface area contributed by atoms with Gasteiger partial charge < -0.3 is 10.1 Å². The van der Waals surface area contributed by atoms with Crippen molar-refractivity contribution in [2.24, 2.45) is 13.0 Å². The minimum absolute atomic E-state index is 0.0628. The van der Waals surface area contributed by atoms with Crippen molar-refractivity contribution in [3.8, 4) is 5.69 Å². The summed E-state index contributed by atoms with van der Waals surface area (Å²) in [7, 11) is 1.70. The van der Waals surface area contributed by atoms with Gasteiger partial charge in [0.1, 0.15) is 5.69 Å². The first-order valence-corrected chi connectivity index (χ1v) is 7.65. The highest BCUT2D eigenvalue weighted by atomic mass is 16.5. The number of aromatic nitrogens is 2. The first-order valence-electron chi connectivity index (χ1n) is 7.65. The Morgan fingerprint density at radius 2 is 1.83 bits per heavy atom. The molecule has 0 radical (unpaired) electrons. The molecule has 24 heavy (non-hydrogen) atoms. The van der Waals surface area contributed by atoms with Crippen molar-refractivity contribution in [3.05, 3.63) is 46.4 Å². The van der Waals surface area contributed by atoms with Crippen molar-refractivity contribution in [1.29, 1.82) is 0 Å². The first-order chi connectivity index (χ1) is 11.3. The fraction of sp³-hybridized carbons (Fsp3) is 0.353. The Hall–Kier alpha value is -2.83. The Bertz CT molecular complexity index is 803. The number of esters is 1. The zero-order valence-corrected chi connectivity index (χ0v) is 14.2. The van der Waals surface area contributed by atoms with Gasteiger partial charge >= 0.3 is 11.9 Å². The van der Waals surface area contributed by atoms with Crippen LogP contribution in [-0.2, 0) is 21.4 Å². The number of hydrogen-bond donors (Lipinski definition) is 1. The van der Waals surface area contributed by atoms with Gasteiger partial charge in [-0.1, -0.05) is 32.0 Å². The van der Waals surface area contributed by atoms with Crippen molar-refractivity contribution in [2.75, 3.05) is 11.9 Å². The minimum atomic E-state index is -1.00. The van der Waals surface area contributed by atoms with Crippen LogP contribution in [0.25, 0.3) is 5.69 Å². The number of anilines is 1. The van der Waals surface area contributed by atoms with Crippen molar-refractivity contribution in [3.63, 3.8) is 0 Å². The second-order valence-corrected chi connectivity index (χ2v) is 5.88. The Labute approximate surface area is 139 Å². The molecule has 2 aromatic rings. The highest BCUT2D eigenvalue weighted by Gasteiger charge is 2.22. The van der Waals surface area contributed by atoms with Crippen LogP contribution < -0.4 is 10.9 Å². The van der Waals surface area contributed by atoms with E-state index in [1.165, 1.54) is 4.68 Å². The normalized spacial score (nSPS) is 10.7. The van der Waals surface area contributed by atoms with Crippen LogP contribution >= 0.6 is 0 Å². The van der Waals surface area contributed by atoms with Crippen molar-refractivity contribution in [1.82, 2.24) is 9.36 Å². The molecular weight excluding hydrogens is 310 g/mol. The second-order valence-electron chi connectivity index (χ2n) is 5.88. The molecule has 0 fully saturated rings. The molecule has 7 nitrogen and oxygen atoms in total. The van der Waals surface area contributed by atoms with E-state index >= 15 is 0 Å². The SMILES string of the molecule is Cc1c(NC(=O)C(=O)OCC(C)C)c(=O)n(-c2ccccc2)n1C. The molecule has 1 N–H and O–H groups in total. The van der Waals surface area contributed by atoms with Gasteiger partial charge in [0.15, 0.2) is 0 Å². The van der Waals surface area contributed by atoms with E-state index in [9.17, 15) is 14.4 Å². The summed E-state index contributed by atoms with van der Waals surface area (Å²) in [4.78, 5) is 36.2. The lowest BCUT2D eigenvalue weighted by Gasteiger charge is -2.07. The maximum Gasteiger partial charge on any atom is 0.397 e. The van der Waals surface area contributed by atoms with Gasteiger partial charge in [-0.3, -0.25) is 14.3 Å². The van der Waals surface area contributed by atoms with Crippen LogP contribution in [-0.4, -0.2) is 27.8 Å². The average molecular weight is 331 g/mol. The molecule has 128 valence electrons. The van der Waals surface area contributed by atoms with Crippen molar-refractivity contribution in [2.45, 2.75) is 20.8 Å². The molecule has 0 aliphatic heterocycles. The standard InChI is InChI=1S/C17H21N3O4/c1-11(2)10-24-17(23)15(21)18-14-12(3)19(4)20(16(14)22)13-8-6-5-7-9-13/h5-9,11H,10H2,1-4H3,(H,18,21). The van der Waals surface area contributed by atoms with Crippen LogP contribution in [0.3, 0.4) is 0 Å². The lowest BCUT2D eigenvalue weighted by molar-refractivity contribution is -0.153. The number of nitrogens with one attached hydrogen (secondary N) is 1. The van der Waals surface area contributed by atoms with Gasteiger partial charge in [0.25, 0.3) is 5.56 Å². The van der Waals surface area contributed by atoms with E-state index in [4.69, 9.17) is 4.74 Å². The number of para-hydroxylation sites is 1. The third-order valence-corrected chi connectivity index (χ3v) is 3.53. The van der Waals surface area contributed by atoms with E-state index in [1.54, 1.807) is 30.8 Å². The molecule has 0 saturated carbocycles. The number of nitrogens with zero attached hydrogens (tertiary/aromatic N) is 2. The van der Waals surface area contributed by atoms with E-state index in [0.717, 1.165) is 0 Å². The predicted molar refractivity (Wildman–Crippen MR) is 90.2 cm³/mol. The fourth-order valence-electron chi connectivity index (χ4n) is 2.18. The molecule has 2 rings (SSSR count). The smallest absolute Gasteiger partial charge is 0.397 e. The lowest BCUT2D eigenvalue weighted by Crippen LogP contribution is -2.29. The average Bonchev–Trinajstić information content (AvgIpc) is 2.76. The summed E-state index contributed by atoms with van der Waals surface area (Å²) in [6.07, 6.45) is 0. The van der Waals surface area contributed by atoms with E-state index in [1.807, 2.05) is 32.0 Å². The molecule has 0 spiro atoms. The molecule has 1 heterocycles. The second kappa shape index (κ2) is 7.16. The molecule has 0 atom stereocenters. The van der Waals surface area contributed by atoms with E-state index < -0.39 is 17.4 Å². The summed E-state index contributed by atoms with van der Waals surface area (Å²) in [6.45, 7) is 5.57. The zero-order valence-electron chi connectivity index (χ0n) is 14.2. The van der Waals surface area contributed by atoms with E-state index in [0.29, 0.717) is 11.4 Å². The van der Waals surface area contributed by atoms with Gasteiger partial charge in [-0.25, -0.2) is 9.48 Å². The van der Waals surface area contributed by atoms with Crippen LogP contribution in [0, 0.1) is 12.8 Å². The van der Waals surface area contributed by atoms with Crippen LogP contribution in [0.5, 0.6) is 0 Å². The topological polar surface area (TPSA) is 82.3 Å². The summed E-state index contributed by atoms with van der Waals surface area (Å²) in [5.74, 6) is -1.84. The first kappa shape index (κ1) is 17.5. The molecule has 7 heteroatoms. The molecule has 0 aliphatic rings. The molecule has 0 aliphatic carbocycles. The number of carbonyl (C=O) groups excluding carboxylic acids is 2. The van der Waals surface area contributed by atoms with Crippen LogP contribution in [0.4, 0.5) is 5.69 Å². The number of ether oxygens (including phenoxy) is 1. The van der Waals surface area contributed by atoms with Gasteiger partial charge in [-0.05, 0) is 25.0 Å². The fourth-order valence-corrected chi connectivity index (χ4v) is 2.18. The summed E-state index contributed by atoms with van der Waals surface area (Å²) in [5.41, 5.74) is 0.851. The molecule has 0 bridgehead atoms. The Kier molecular flexibility index (Phi) is 5.23.